The lowest BCUT2D eigenvalue weighted by Crippen LogP contribution is -2.45. The minimum absolute atomic E-state index is 0.0351. The molecule has 2 aromatic carbocycles. The molecule has 0 unspecified atom stereocenters. The van der Waals surface area contributed by atoms with Crippen LogP contribution < -0.4 is 14.4 Å². The van der Waals surface area contributed by atoms with Gasteiger partial charge in [0, 0.05) is 19.7 Å². The third-order valence-corrected chi connectivity index (χ3v) is 6.14. The number of rotatable bonds is 9. The Balaban J connectivity index is 1.66. The number of aromatic nitrogens is 2. The van der Waals surface area contributed by atoms with E-state index in [2.05, 4.69) is 15.5 Å². The van der Waals surface area contributed by atoms with Gasteiger partial charge in [0.25, 0.3) is 0 Å². The molecule has 11 heteroatoms. The lowest BCUT2D eigenvalue weighted by atomic mass is 10.2. The third-order valence-electron chi connectivity index (χ3n) is 4.32. The topological polar surface area (TPSA) is 118 Å². The fourth-order valence-corrected chi connectivity index (χ4v) is 3.70. The number of amides is 1. The van der Waals surface area contributed by atoms with Gasteiger partial charge in [0.1, 0.15) is 12.3 Å². The van der Waals surface area contributed by atoms with Gasteiger partial charge < -0.3 is 14.6 Å². The first-order chi connectivity index (χ1) is 14.8. The monoisotopic (exact) mass is 445 g/mol. The molecule has 1 amide bonds. The molecule has 0 saturated carbocycles. The minimum Gasteiger partial charge on any atom is -0.497 e. The van der Waals surface area contributed by atoms with Crippen molar-refractivity contribution in [2.45, 2.75) is 6.54 Å². The van der Waals surface area contributed by atoms with Gasteiger partial charge in [-0.25, -0.2) is 4.31 Å². The van der Waals surface area contributed by atoms with Crippen LogP contribution >= 0.6 is 0 Å². The second-order valence-corrected chi connectivity index (χ2v) is 8.72. The zero-order valence-electron chi connectivity index (χ0n) is 17.3. The van der Waals surface area contributed by atoms with Crippen LogP contribution in [0.15, 0.2) is 59.1 Å². The van der Waals surface area contributed by atoms with Crippen LogP contribution in [0.1, 0.15) is 5.89 Å². The molecule has 0 spiro atoms. The van der Waals surface area contributed by atoms with Gasteiger partial charge in [-0.15, -0.1) is 0 Å². The Morgan fingerprint density at radius 3 is 2.39 bits per heavy atom. The number of nitrogens with one attached hydrogen (secondary N) is 1. The second kappa shape index (κ2) is 9.58. The van der Waals surface area contributed by atoms with E-state index in [4.69, 9.17) is 9.26 Å². The molecule has 0 atom stereocenters. The van der Waals surface area contributed by atoms with Crippen molar-refractivity contribution in [2.75, 3.05) is 32.1 Å². The predicted molar refractivity (Wildman–Crippen MR) is 115 cm³/mol. The molecule has 3 aromatic rings. The summed E-state index contributed by atoms with van der Waals surface area (Å²) in [6, 6.07) is 15.5. The molecule has 0 bridgehead atoms. The van der Waals surface area contributed by atoms with Gasteiger partial charge in [0.15, 0.2) is 0 Å². The normalized spacial score (nSPS) is 11.4. The Kier molecular flexibility index (Phi) is 6.88. The van der Waals surface area contributed by atoms with Crippen molar-refractivity contribution in [3.05, 3.63) is 60.5 Å². The first kappa shape index (κ1) is 22.2. The van der Waals surface area contributed by atoms with Crippen LogP contribution in [0.3, 0.4) is 0 Å². The number of ether oxygens (including phenoxy) is 1. The number of para-hydroxylation sites is 1. The van der Waals surface area contributed by atoms with Gasteiger partial charge in [0.2, 0.25) is 17.6 Å². The van der Waals surface area contributed by atoms with Crippen molar-refractivity contribution in [1.82, 2.24) is 19.8 Å². The highest BCUT2D eigenvalue weighted by Gasteiger charge is 2.27. The first-order valence-electron chi connectivity index (χ1n) is 9.30. The Morgan fingerprint density at radius 2 is 1.77 bits per heavy atom. The molecule has 1 N–H and O–H groups in total. The van der Waals surface area contributed by atoms with Crippen molar-refractivity contribution in [3.8, 4) is 17.1 Å². The van der Waals surface area contributed by atoms with E-state index in [1.54, 1.807) is 61.7 Å². The molecule has 1 aromatic heterocycles. The maximum absolute atomic E-state index is 12.7. The summed E-state index contributed by atoms with van der Waals surface area (Å²) < 4.78 is 37.7. The number of hydrogen-bond donors (Lipinski definition) is 1. The standard InChI is InChI=1S/C20H23N5O5S/c1-24(2)31(27,28)25(16-7-5-4-6-8-16)14-18(26)21-13-19-22-20(23-30-19)15-9-11-17(29-3)12-10-15/h4-12H,13-14H2,1-3H3,(H,21,26). The fourth-order valence-electron chi connectivity index (χ4n) is 2.64. The smallest absolute Gasteiger partial charge is 0.304 e. The number of methoxy groups -OCH3 is 1. The van der Waals surface area contributed by atoms with E-state index in [0.29, 0.717) is 17.3 Å². The van der Waals surface area contributed by atoms with Crippen LogP contribution in [0.5, 0.6) is 5.75 Å². The Bertz CT molecular complexity index is 1110. The first-order valence-corrected chi connectivity index (χ1v) is 10.7. The van der Waals surface area contributed by atoms with Gasteiger partial charge in [-0.3, -0.25) is 4.79 Å². The van der Waals surface area contributed by atoms with Crippen LogP contribution in [-0.2, 0) is 21.5 Å². The number of carbonyl (C=O) groups is 1. The molecule has 0 saturated heterocycles. The van der Waals surface area contributed by atoms with Crippen molar-refractivity contribution in [3.63, 3.8) is 0 Å². The van der Waals surface area contributed by atoms with E-state index in [-0.39, 0.29) is 12.4 Å². The molecule has 0 fully saturated rings. The number of anilines is 1. The van der Waals surface area contributed by atoms with E-state index < -0.39 is 22.7 Å². The number of hydrogen-bond acceptors (Lipinski definition) is 7. The summed E-state index contributed by atoms with van der Waals surface area (Å²) >= 11 is 0. The van der Waals surface area contributed by atoms with Crippen molar-refractivity contribution in [1.29, 1.82) is 0 Å². The van der Waals surface area contributed by atoms with Gasteiger partial charge in [0.05, 0.1) is 19.3 Å². The highest BCUT2D eigenvalue weighted by atomic mass is 32.2. The van der Waals surface area contributed by atoms with Crippen LogP contribution in [0.4, 0.5) is 5.69 Å². The summed E-state index contributed by atoms with van der Waals surface area (Å²) in [6.45, 7) is -0.434. The average molecular weight is 446 g/mol. The van der Waals surface area contributed by atoms with Crippen molar-refractivity contribution >= 4 is 21.8 Å². The predicted octanol–water partition coefficient (Wildman–Crippen LogP) is 1.67. The van der Waals surface area contributed by atoms with Crippen LogP contribution in [0.2, 0.25) is 0 Å². The quantitative estimate of drug-likeness (QED) is 0.532. The largest absolute Gasteiger partial charge is 0.497 e. The van der Waals surface area contributed by atoms with Gasteiger partial charge in [-0.05, 0) is 36.4 Å². The van der Waals surface area contributed by atoms with E-state index in [1.807, 2.05) is 0 Å². The summed E-state index contributed by atoms with van der Waals surface area (Å²) in [5.74, 6) is 0.753. The summed E-state index contributed by atoms with van der Waals surface area (Å²) in [5.41, 5.74) is 1.11. The zero-order valence-corrected chi connectivity index (χ0v) is 18.2. The second-order valence-electron chi connectivity index (χ2n) is 6.65. The molecule has 0 aliphatic carbocycles. The highest BCUT2D eigenvalue weighted by molar-refractivity contribution is 7.90. The lowest BCUT2D eigenvalue weighted by Gasteiger charge is -2.26. The maximum atomic E-state index is 12.7. The lowest BCUT2D eigenvalue weighted by molar-refractivity contribution is -0.119. The molecule has 164 valence electrons. The zero-order chi connectivity index (χ0) is 22.4. The van der Waals surface area contributed by atoms with Crippen LogP contribution in [0.25, 0.3) is 11.4 Å². The average Bonchev–Trinajstić information content (AvgIpc) is 3.25. The molecular weight excluding hydrogens is 422 g/mol. The Morgan fingerprint density at radius 1 is 1.10 bits per heavy atom. The summed E-state index contributed by atoms with van der Waals surface area (Å²) in [7, 11) is 0.523. The van der Waals surface area contributed by atoms with Crippen molar-refractivity contribution in [2.24, 2.45) is 0 Å². The number of nitrogens with zero attached hydrogens (tertiary/aromatic N) is 4. The molecule has 1 heterocycles. The highest BCUT2D eigenvalue weighted by Crippen LogP contribution is 2.20. The number of carbonyl (C=O) groups excluding carboxylic acids is 1. The molecule has 10 nitrogen and oxygen atoms in total. The summed E-state index contributed by atoms with van der Waals surface area (Å²) in [5, 5.41) is 6.51. The van der Waals surface area contributed by atoms with Gasteiger partial charge in [-0.1, -0.05) is 23.4 Å². The summed E-state index contributed by atoms with van der Waals surface area (Å²) in [4.78, 5) is 16.7. The molecule has 0 aliphatic heterocycles. The summed E-state index contributed by atoms with van der Waals surface area (Å²) in [6.07, 6.45) is 0. The molecule has 3 rings (SSSR count). The van der Waals surface area contributed by atoms with Gasteiger partial charge in [-0.2, -0.15) is 17.7 Å². The molecular formula is C20H23N5O5S. The molecule has 0 aliphatic rings. The van der Waals surface area contributed by atoms with Crippen molar-refractivity contribution < 1.29 is 22.5 Å². The van der Waals surface area contributed by atoms with Crippen LogP contribution in [-0.4, -0.2) is 56.5 Å². The van der Waals surface area contributed by atoms with E-state index in [1.165, 1.54) is 14.1 Å². The minimum atomic E-state index is -3.86. The molecule has 31 heavy (non-hydrogen) atoms. The fraction of sp³-hybridized carbons (Fsp3) is 0.250. The SMILES string of the molecule is COc1ccc(-c2noc(CNC(=O)CN(c3ccccc3)S(=O)(=O)N(C)C)n2)cc1. The number of benzene rings is 2. The van der Waals surface area contributed by atoms with Gasteiger partial charge >= 0.3 is 10.2 Å². The van der Waals surface area contributed by atoms with E-state index >= 15 is 0 Å². The molecule has 0 radical (unpaired) electrons. The van der Waals surface area contributed by atoms with Crippen LogP contribution in [0, 0.1) is 0 Å². The Labute approximate surface area is 180 Å². The van der Waals surface area contributed by atoms with E-state index in [9.17, 15) is 13.2 Å². The maximum Gasteiger partial charge on any atom is 0.304 e. The van der Waals surface area contributed by atoms with E-state index in [0.717, 1.165) is 14.2 Å². The Hall–Kier alpha value is -3.44. The third kappa shape index (κ3) is 5.38.